The van der Waals surface area contributed by atoms with E-state index in [9.17, 15) is 4.79 Å². The number of carbonyl (C=O) groups excluding carboxylic acids is 1. The van der Waals surface area contributed by atoms with Crippen molar-refractivity contribution in [2.75, 3.05) is 11.9 Å². The molecule has 1 N–H and O–H groups in total. The van der Waals surface area contributed by atoms with Crippen molar-refractivity contribution < 1.29 is 9.53 Å². The van der Waals surface area contributed by atoms with Crippen molar-refractivity contribution >= 4 is 11.6 Å². The molecule has 2 aromatic rings. The third-order valence-corrected chi connectivity index (χ3v) is 4.33. The maximum absolute atomic E-state index is 12.2. The molecule has 2 aromatic carbocycles. The fraction of sp³-hybridized carbons (Fsp3) is 0.350. The minimum atomic E-state index is 0.143. The van der Waals surface area contributed by atoms with E-state index in [1.807, 2.05) is 42.5 Å². The molecule has 1 aliphatic rings. The fourth-order valence-corrected chi connectivity index (χ4v) is 3.03. The van der Waals surface area contributed by atoms with Gasteiger partial charge in [-0.05, 0) is 30.5 Å². The summed E-state index contributed by atoms with van der Waals surface area (Å²) in [6.07, 6.45) is 5.24. The van der Waals surface area contributed by atoms with Gasteiger partial charge in [-0.15, -0.1) is 0 Å². The van der Waals surface area contributed by atoms with Gasteiger partial charge in [-0.3, -0.25) is 4.79 Å². The molecule has 0 unspecified atom stereocenters. The molecule has 1 amide bonds. The van der Waals surface area contributed by atoms with E-state index in [2.05, 4.69) is 17.4 Å². The Hall–Kier alpha value is -2.29. The molecule has 1 saturated carbocycles. The highest BCUT2D eigenvalue weighted by Crippen LogP contribution is 2.26. The van der Waals surface area contributed by atoms with Gasteiger partial charge in [0, 0.05) is 24.1 Å². The number of anilines is 1. The standard InChI is InChI=1S/C20H23NO2/c22-20(17-9-4-5-10-17)21-18-11-6-12-19(15-18)23-14-13-16-7-2-1-3-8-16/h1-3,6-8,11-12,15,17H,4-5,9-10,13-14H2,(H,21,22). The van der Waals surface area contributed by atoms with Crippen LogP contribution in [0.15, 0.2) is 54.6 Å². The number of rotatable bonds is 6. The van der Waals surface area contributed by atoms with Crippen LogP contribution in [0.4, 0.5) is 5.69 Å². The van der Waals surface area contributed by atoms with E-state index in [0.29, 0.717) is 6.61 Å². The van der Waals surface area contributed by atoms with Crippen LogP contribution in [0.1, 0.15) is 31.2 Å². The molecule has 0 saturated heterocycles. The quantitative estimate of drug-likeness (QED) is 0.857. The van der Waals surface area contributed by atoms with E-state index in [1.54, 1.807) is 0 Å². The second-order valence-corrected chi connectivity index (χ2v) is 6.08. The molecule has 0 heterocycles. The SMILES string of the molecule is O=C(Nc1cccc(OCCc2ccccc2)c1)C1CCCC1. The van der Waals surface area contributed by atoms with E-state index in [1.165, 1.54) is 18.4 Å². The van der Waals surface area contributed by atoms with E-state index >= 15 is 0 Å². The second kappa shape index (κ2) is 7.82. The first-order chi connectivity index (χ1) is 11.3. The molecule has 0 spiro atoms. The Morgan fingerprint density at radius 2 is 1.83 bits per heavy atom. The normalized spacial score (nSPS) is 14.6. The van der Waals surface area contributed by atoms with Gasteiger partial charge in [-0.2, -0.15) is 0 Å². The summed E-state index contributed by atoms with van der Waals surface area (Å²) in [5, 5.41) is 3.01. The molecule has 3 heteroatoms. The lowest BCUT2D eigenvalue weighted by atomic mass is 10.1. The van der Waals surface area contributed by atoms with Crippen molar-refractivity contribution in [1.29, 1.82) is 0 Å². The fourth-order valence-electron chi connectivity index (χ4n) is 3.03. The Kier molecular flexibility index (Phi) is 5.30. The summed E-state index contributed by atoms with van der Waals surface area (Å²) in [4.78, 5) is 12.2. The zero-order chi connectivity index (χ0) is 15.9. The molecule has 3 nitrogen and oxygen atoms in total. The maximum Gasteiger partial charge on any atom is 0.227 e. The zero-order valence-corrected chi connectivity index (χ0v) is 13.3. The average molecular weight is 309 g/mol. The molecule has 1 aliphatic carbocycles. The summed E-state index contributed by atoms with van der Waals surface area (Å²) < 4.78 is 5.81. The number of carbonyl (C=O) groups is 1. The van der Waals surface area contributed by atoms with Gasteiger partial charge in [0.1, 0.15) is 5.75 Å². The molecule has 3 rings (SSSR count). The van der Waals surface area contributed by atoms with Gasteiger partial charge in [0.05, 0.1) is 6.61 Å². The monoisotopic (exact) mass is 309 g/mol. The Morgan fingerprint density at radius 3 is 2.61 bits per heavy atom. The molecule has 0 atom stereocenters. The van der Waals surface area contributed by atoms with Crippen LogP contribution in [-0.4, -0.2) is 12.5 Å². The summed E-state index contributed by atoms with van der Waals surface area (Å²) in [5.74, 6) is 1.12. The van der Waals surface area contributed by atoms with Gasteiger partial charge in [0.2, 0.25) is 5.91 Å². The first-order valence-electron chi connectivity index (χ1n) is 8.39. The van der Waals surface area contributed by atoms with Crippen molar-refractivity contribution in [3.63, 3.8) is 0 Å². The van der Waals surface area contributed by atoms with Crippen molar-refractivity contribution in [3.8, 4) is 5.75 Å². The van der Waals surface area contributed by atoms with Gasteiger partial charge >= 0.3 is 0 Å². The lowest BCUT2D eigenvalue weighted by molar-refractivity contribution is -0.119. The average Bonchev–Trinajstić information content (AvgIpc) is 3.11. The van der Waals surface area contributed by atoms with Crippen LogP contribution in [0.5, 0.6) is 5.75 Å². The Labute approximate surface area is 137 Å². The Morgan fingerprint density at radius 1 is 1.04 bits per heavy atom. The molecule has 23 heavy (non-hydrogen) atoms. The van der Waals surface area contributed by atoms with E-state index in [-0.39, 0.29) is 11.8 Å². The van der Waals surface area contributed by atoms with Gasteiger partial charge in [-0.25, -0.2) is 0 Å². The van der Waals surface area contributed by atoms with E-state index in [4.69, 9.17) is 4.74 Å². The highest BCUT2D eigenvalue weighted by Gasteiger charge is 2.22. The zero-order valence-electron chi connectivity index (χ0n) is 13.3. The summed E-state index contributed by atoms with van der Waals surface area (Å²) in [6, 6.07) is 17.9. The third kappa shape index (κ3) is 4.59. The smallest absolute Gasteiger partial charge is 0.227 e. The number of hydrogen-bond acceptors (Lipinski definition) is 2. The number of ether oxygens (including phenoxy) is 1. The van der Waals surface area contributed by atoms with Gasteiger partial charge in [0.25, 0.3) is 0 Å². The maximum atomic E-state index is 12.2. The number of hydrogen-bond donors (Lipinski definition) is 1. The van der Waals surface area contributed by atoms with Crippen molar-refractivity contribution in [2.45, 2.75) is 32.1 Å². The second-order valence-electron chi connectivity index (χ2n) is 6.08. The van der Waals surface area contributed by atoms with Gasteiger partial charge in [-0.1, -0.05) is 49.2 Å². The van der Waals surface area contributed by atoms with E-state index < -0.39 is 0 Å². The van der Waals surface area contributed by atoms with Crippen LogP contribution in [0.3, 0.4) is 0 Å². The Balaban J connectivity index is 1.51. The highest BCUT2D eigenvalue weighted by atomic mass is 16.5. The first-order valence-corrected chi connectivity index (χ1v) is 8.39. The summed E-state index contributed by atoms with van der Waals surface area (Å²) in [6.45, 7) is 0.629. The molecule has 0 aliphatic heterocycles. The largest absolute Gasteiger partial charge is 0.493 e. The minimum absolute atomic E-state index is 0.143. The highest BCUT2D eigenvalue weighted by molar-refractivity contribution is 5.92. The van der Waals surface area contributed by atoms with Crippen LogP contribution in [0, 0.1) is 5.92 Å². The predicted octanol–water partition coefficient (Wildman–Crippen LogP) is 4.44. The molecular formula is C20H23NO2. The van der Waals surface area contributed by atoms with Crippen molar-refractivity contribution in [2.24, 2.45) is 5.92 Å². The molecule has 120 valence electrons. The first kappa shape index (κ1) is 15.6. The lowest BCUT2D eigenvalue weighted by Gasteiger charge is -2.12. The minimum Gasteiger partial charge on any atom is -0.493 e. The van der Waals surface area contributed by atoms with Crippen LogP contribution in [-0.2, 0) is 11.2 Å². The Bertz CT molecular complexity index is 633. The number of benzene rings is 2. The summed E-state index contributed by atoms with van der Waals surface area (Å²) in [5.41, 5.74) is 2.08. The van der Waals surface area contributed by atoms with Crippen molar-refractivity contribution in [1.82, 2.24) is 0 Å². The van der Waals surface area contributed by atoms with Crippen LogP contribution < -0.4 is 10.1 Å². The van der Waals surface area contributed by atoms with Crippen LogP contribution >= 0.6 is 0 Å². The summed E-state index contributed by atoms with van der Waals surface area (Å²) in [7, 11) is 0. The molecule has 1 fully saturated rings. The van der Waals surface area contributed by atoms with Crippen LogP contribution in [0.25, 0.3) is 0 Å². The molecule has 0 aromatic heterocycles. The number of nitrogens with one attached hydrogen (secondary N) is 1. The van der Waals surface area contributed by atoms with E-state index in [0.717, 1.165) is 30.7 Å². The number of amides is 1. The lowest BCUT2D eigenvalue weighted by Crippen LogP contribution is -2.20. The topological polar surface area (TPSA) is 38.3 Å². The third-order valence-electron chi connectivity index (χ3n) is 4.33. The van der Waals surface area contributed by atoms with Crippen molar-refractivity contribution in [3.05, 3.63) is 60.2 Å². The molecule has 0 radical (unpaired) electrons. The molecular weight excluding hydrogens is 286 g/mol. The predicted molar refractivity (Wildman–Crippen MR) is 92.7 cm³/mol. The molecule has 0 bridgehead atoms. The van der Waals surface area contributed by atoms with Crippen LogP contribution in [0.2, 0.25) is 0 Å². The summed E-state index contributed by atoms with van der Waals surface area (Å²) >= 11 is 0. The van der Waals surface area contributed by atoms with Gasteiger partial charge < -0.3 is 10.1 Å². The van der Waals surface area contributed by atoms with Gasteiger partial charge in [0.15, 0.2) is 0 Å².